The van der Waals surface area contributed by atoms with E-state index in [2.05, 4.69) is 13.8 Å². The summed E-state index contributed by atoms with van der Waals surface area (Å²) in [5.41, 5.74) is 1.17. The highest BCUT2D eigenvalue weighted by atomic mass is 16.4. The summed E-state index contributed by atoms with van der Waals surface area (Å²) < 4.78 is 0. The molecular formula is C17H26O4. The van der Waals surface area contributed by atoms with Gasteiger partial charge in [0.05, 0.1) is 6.10 Å². The number of aromatic hydroxyl groups is 1. The van der Waals surface area contributed by atoms with Crippen LogP contribution in [0.25, 0.3) is 0 Å². The maximum atomic E-state index is 10.4. The summed E-state index contributed by atoms with van der Waals surface area (Å²) >= 11 is 0. The van der Waals surface area contributed by atoms with Crippen molar-refractivity contribution in [1.29, 1.82) is 0 Å². The molecule has 0 aromatic heterocycles. The quantitative estimate of drug-likeness (QED) is 0.776. The van der Waals surface area contributed by atoms with E-state index < -0.39 is 12.1 Å². The van der Waals surface area contributed by atoms with Gasteiger partial charge in [-0.15, -0.1) is 0 Å². The topological polar surface area (TPSA) is 77.8 Å². The number of hydrogen-bond acceptors (Lipinski definition) is 3. The standard InChI is InChI=1S/C15H22O2.C2H4O2/c1-15(2)8-4-6-12(10-15)14(17)11-5-3-7-13(16)9-11;1-2(3)4/h3,5,7,9,12,14,16-17H,4,6,8,10H2,1-2H3;1H3,(H,3,4)/t12-,14-;/m0./s1. The van der Waals surface area contributed by atoms with Gasteiger partial charge < -0.3 is 15.3 Å². The van der Waals surface area contributed by atoms with Gasteiger partial charge in [0.2, 0.25) is 0 Å². The number of aliphatic hydroxyl groups is 1. The van der Waals surface area contributed by atoms with Crippen LogP contribution in [0.1, 0.15) is 58.1 Å². The van der Waals surface area contributed by atoms with Crippen molar-refractivity contribution in [3.05, 3.63) is 29.8 Å². The Kier molecular flexibility index (Phi) is 6.21. The van der Waals surface area contributed by atoms with E-state index in [4.69, 9.17) is 9.90 Å². The van der Waals surface area contributed by atoms with Crippen molar-refractivity contribution >= 4 is 5.97 Å². The Balaban J connectivity index is 0.000000491. The average molecular weight is 294 g/mol. The second kappa shape index (κ2) is 7.46. The Morgan fingerprint density at radius 2 is 2.00 bits per heavy atom. The third-order valence-corrected chi connectivity index (χ3v) is 3.90. The largest absolute Gasteiger partial charge is 0.508 e. The highest BCUT2D eigenvalue weighted by Crippen LogP contribution is 2.43. The number of carboxylic acids is 1. The van der Waals surface area contributed by atoms with Crippen molar-refractivity contribution in [2.45, 2.75) is 52.6 Å². The highest BCUT2D eigenvalue weighted by Gasteiger charge is 2.32. The van der Waals surface area contributed by atoms with Crippen LogP contribution in [-0.2, 0) is 4.79 Å². The van der Waals surface area contributed by atoms with E-state index in [1.807, 2.05) is 6.07 Å². The van der Waals surface area contributed by atoms with Gasteiger partial charge in [-0.3, -0.25) is 4.79 Å². The van der Waals surface area contributed by atoms with Crippen LogP contribution in [0.4, 0.5) is 0 Å². The second-order valence-corrected chi connectivity index (χ2v) is 6.58. The van der Waals surface area contributed by atoms with Gasteiger partial charge >= 0.3 is 0 Å². The van der Waals surface area contributed by atoms with Crippen LogP contribution in [0.5, 0.6) is 5.75 Å². The molecule has 118 valence electrons. The van der Waals surface area contributed by atoms with Crippen molar-refractivity contribution < 1.29 is 20.1 Å². The van der Waals surface area contributed by atoms with Crippen LogP contribution < -0.4 is 0 Å². The third-order valence-electron chi connectivity index (χ3n) is 3.90. The van der Waals surface area contributed by atoms with E-state index in [0.717, 1.165) is 25.3 Å². The lowest BCUT2D eigenvalue weighted by Gasteiger charge is -2.37. The molecule has 21 heavy (non-hydrogen) atoms. The lowest BCUT2D eigenvalue weighted by Crippen LogP contribution is -2.26. The molecule has 1 aliphatic rings. The van der Waals surface area contributed by atoms with Crippen LogP contribution in [-0.4, -0.2) is 21.3 Å². The molecule has 1 saturated carbocycles. The molecule has 1 aromatic rings. The Bertz CT molecular complexity index is 464. The van der Waals surface area contributed by atoms with E-state index in [1.165, 1.54) is 12.8 Å². The molecule has 0 amide bonds. The van der Waals surface area contributed by atoms with E-state index in [9.17, 15) is 10.2 Å². The zero-order chi connectivity index (χ0) is 16.0. The number of carboxylic acid groups (broad SMARTS) is 1. The predicted molar refractivity (Wildman–Crippen MR) is 82.1 cm³/mol. The fourth-order valence-electron chi connectivity index (χ4n) is 3.01. The number of aliphatic carboxylic acids is 1. The predicted octanol–water partition coefficient (Wildman–Crippen LogP) is 3.73. The van der Waals surface area contributed by atoms with E-state index in [-0.39, 0.29) is 5.75 Å². The molecule has 1 aromatic carbocycles. The number of aliphatic hydroxyl groups excluding tert-OH is 1. The number of phenolic OH excluding ortho intramolecular Hbond substituents is 1. The minimum atomic E-state index is -0.833. The van der Waals surface area contributed by atoms with Crippen molar-refractivity contribution in [1.82, 2.24) is 0 Å². The van der Waals surface area contributed by atoms with Crippen molar-refractivity contribution in [2.75, 3.05) is 0 Å². The zero-order valence-electron chi connectivity index (χ0n) is 13.0. The molecule has 4 heteroatoms. The van der Waals surface area contributed by atoms with Crippen LogP contribution in [0.15, 0.2) is 24.3 Å². The second-order valence-electron chi connectivity index (χ2n) is 6.58. The average Bonchev–Trinajstić information content (AvgIpc) is 2.36. The minimum absolute atomic E-state index is 0.233. The monoisotopic (exact) mass is 294 g/mol. The van der Waals surface area contributed by atoms with Gasteiger partial charge in [0, 0.05) is 6.92 Å². The van der Waals surface area contributed by atoms with Gasteiger partial charge in [0.15, 0.2) is 0 Å². The van der Waals surface area contributed by atoms with E-state index in [0.29, 0.717) is 11.3 Å². The number of benzene rings is 1. The zero-order valence-corrected chi connectivity index (χ0v) is 13.0. The molecule has 0 unspecified atom stereocenters. The van der Waals surface area contributed by atoms with Gasteiger partial charge in [-0.25, -0.2) is 0 Å². The highest BCUT2D eigenvalue weighted by molar-refractivity contribution is 5.62. The van der Waals surface area contributed by atoms with E-state index >= 15 is 0 Å². The van der Waals surface area contributed by atoms with Gasteiger partial charge in [-0.2, -0.15) is 0 Å². The number of carbonyl (C=O) groups is 1. The number of phenols is 1. The molecule has 0 bridgehead atoms. The first-order valence-electron chi connectivity index (χ1n) is 7.38. The van der Waals surface area contributed by atoms with E-state index in [1.54, 1.807) is 18.2 Å². The number of hydrogen-bond donors (Lipinski definition) is 3. The first-order chi connectivity index (χ1) is 9.71. The van der Waals surface area contributed by atoms with Crippen LogP contribution in [0, 0.1) is 11.3 Å². The smallest absolute Gasteiger partial charge is 0.300 e. The molecule has 3 N–H and O–H groups in total. The summed E-state index contributed by atoms with van der Waals surface area (Å²) in [5.74, 6) is -0.280. The van der Waals surface area contributed by atoms with Crippen LogP contribution >= 0.6 is 0 Å². The molecule has 0 spiro atoms. The SMILES string of the molecule is CC(=O)O.CC1(C)CCC[C@H]([C@@H](O)c2cccc(O)c2)C1. The minimum Gasteiger partial charge on any atom is -0.508 e. The molecular weight excluding hydrogens is 268 g/mol. The molecule has 0 saturated heterocycles. The summed E-state index contributed by atoms with van der Waals surface area (Å²) in [4.78, 5) is 9.00. The molecule has 0 aliphatic heterocycles. The summed E-state index contributed by atoms with van der Waals surface area (Å²) in [7, 11) is 0. The molecule has 2 rings (SSSR count). The Hall–Kier alpha value is -1.55. The van der Waals surface area contributed by atoms with Gasteiger partial charge in [0.1, 0.15) is 5.75 Å². The van der Waals surface area contributed by atoms with Crippen molar-refractivity contribution in [3.8, 4) is 5.75 Å². The Labute approximate surface area is 126 Å². The Morgan fingerprint density at radius 3 is 2.52 bits per heavy atom. The van der Waals surface area contributed by atoms with Crippen molar-refractivity contribution in [2.24, 2.45) is 11.3 Å². The first-order valence-corrected chi connectivity index (χ1v) is 7.38. The summed E-state index contributed by atoms with van der Waals surface area (Å²) in [6.07, 6.45) is 4.13. The summed E-state index contributed by atoms with van der Waals surface area (Å²) in [5, 5.41) is 27.3. The Morgan fingerprint density at radius 1 is 1.38 bits per heavy atom. The first kappa shape index (κ1) is 17.5. The maximum Gasteiger partial charge on any atom is 0.300 e. The normalized spacial score (nSPS) is 21.8. The van der Waals surface area contributed by atoms with Crippen LogP contribution in [0.3, 0.4) is 0 Å². The lowest BCUT2D eigenvalue weighted by atomic mass is 9.70. The molecule has 1 fully saturated rings. The summed E-state index contributed by atoms with van der Waals surface area (Å²) in [6.45, 7) is 5.63. The molecule has 1 aliphatic carbocycles. The summed E-state index contributed by atoms with van der Waals surface area (Å²) in [6, 6.07) is 7.00. The fraction of sp³-hybridized carbons (Fsp3) is 0.588. The molecule has 4 nitrogen and oxygen atoms in total. The fourth-order valence-corrected chi connectivity index (χ4v) is 3.01. The number of rotatable bonds is 2. The lowest BCUT2D eigenvalue weighted by molar-refractivity contribution is -0.134. The van der Waals surface area contributed by atoms with Gasteiger partial charge in [-0.05, 0) is 48.3 Å². The molecule has 0 heterocycles. The van der Waals surface area contributed by atoms with Crippen molar-refractivity contribution in [3.63, 3.8) is 0 Å². The third kappa shape index (κ3) is 6.17. The molecule has 0 radical (unpaired) electrons. The van der Waals surface area contributed by atoms with Gasteiger partial charge in [0.25, 0.3) is 5.97 Å². The van der Waals surface area contributed by atoms with Crippen LogP contribution in [0.2, 0.25) is 0 Å². The maximum absolute atomic E-state index is 10.4. The van der Waals surface area contributed by atoms with Gasteiger partial charge in [-0.1, -0.05) is 32.4 Å². The molecule has 2 atom stereocenters.